The molecule has 0 saturated carbocycles. The number of carbonyl (C=O) groups is 2. The lowest BCUT2D eigenvalue weighted by Gasteiger charge is -2.26. The lowest BCUT2D eigenvalue weighted by atomic mass is 9.98. The zero-order valence-electron chi connectivity index (χ0n) is 25.9. The average molecular weight is 611 g/mol. The predicted octanol–water partition coefficient (Wildman–Crippen LogP) is 4.75. The molecule has 3 rings (SSSR count). The number of methoxy groups -OCH3 is 1. The Morgan fingerprint density at radius 2 is 1.61 bits per heavy atom. The number of aliphatic hydroxyl groups is 1. The second-order valence-corrected chi connectivity index (χ2v) is 11.0. The second-order valence-electron chi connectivity index (χ2n) is 11.0. The maximum atomic E-state index is 14.0. The van der Waals surface area contributed by atoms with Crippen LogP contribution in [0.5, 0.6) is 5.75 Å². The Labute approximate surface area is 258 Å². The quantitative estimate of drug-likeness (QED) is 0.186. The van der Waals surface area contributed by atoms with Gasteiger partial charge in [-0.15, -0.1) is 0 Å². The van der Waals surface area contributed by atoms with E-state index >= 15 is 0 Å². The monoisotopic (exact) mass is 610 g/mol. The summed E-state index contributed by atoms with van der Waals surface area (Å²) in [6.45, 7) is 7.41. The van der Waals surface area contributed by atoms with Gasteiger partial charge in [0.05, 0.1) is 19.3 Å². The lowest BCUT2D eigenvalue weighted by Crippen LogP contribution is -2.48. The molecule has 2 amide bonds. The normalized spacial score (nSPS) is 13.2. The summed E-state index contributed by atoms with van der Waals surface area (Å²) < 4.78 is 33.3. The minimum Gasteiger partial charge on any atom is -0.497 e. The first kappa shape index (κ1) is 34.6. The van der Waals surface area contributed by atoms with Crippen LogP contribution in [0, 0.1) is 11.6 Å². The molecule has 0 bridgehead atoms. The second kappa shape index (κ2) is 16.8. The first-order valence-electron chi connectivity index (χ1n) is 15.0. The van der Waals surface area contributed by atoms with E-state index in [1.807, 2.05) is 38.1 Å². The van der Waals surface area contributed by atoms with Gasteiger partial charge in [-0.1, -0.05) is 26.0 Å². The van der Waals surface area contributed by atoms with Crippen molar-refractivity contribution in [1.29, 1.82) is 0 Å². The van der Waals surface area contributed by atoms with Crippen LogP contribution >= 0.6 is 0 Å². The highest BCUT2D eigenvalue weighted by Gasteiger charge is 2.25. The summed E-state index contributed by atoms with van der Waals surface area (Å²) in [4.78, 5) is 28.8. The number of hydrogen-bond donors (Lipinski definition) is 4. The fraction of sp³-hybridized carbons (Fsp3) is 0.412. The van der Waals surface area contributed by atoms with E-state index in [1.165, 1.54) is 18.2 Å². The number of carbonyl (C=O) groups excluding carboxylic acids is 2. The highest BCUT2D eigenvalue weighted by Crippen LogP contribution is 2.19. The molecule has 238 valence electrons. The molecule has 0 aromatic heterocycles. The van der Waals surface area contributed by atoms with Gasteiger partial charge in [-0.2, -0.15) is 0 Å². The van der Waals surface area contributed by atoms with E-state index in [1.54, 1.807) is 31.1 Å². The van der Waals surface area contributed by atoms with E-state index in [4.69, 9.17) is 10.5 Å². The van der Waals surface area contributed by atoms with E-state index in [-0.39, 0.29) is 30.0 Å². The van der Waals surface area contributed by atoms with Crippen molar-refractivity contribution in [2.45, 2.75) is 64.8 Å². The molecule has 10 heteroatoms. The Balaban J connectivity index is 1.86. The SMILES string of the molecule is CCCN(CCC)C(=O)c1cc(C(=O)N[C@@H](Cc2cc(F)cc(F)c2)[C@H](O)CNCc2cccc(OC)c2)cc(C(C)N)c1. The number of benzene rings is 3. The van der Waals surface area contributed by atoms with Crippen molar-refractivity contribution < 1.29 is 28.2 Å². The lowest BCUT2D eigenvalue weighted by molar-refractivity contribution is 0.0755. The third-order valence-electron chi connectivity index (χ3n) is 7.24. The summed E-state index contributed by atoms with van der Waals surface area (Å²) in [7, 11) is 1.58. The highest BCUT2D eigenvalue weighted by atomic mass is 19.1. The number of amides is 2. The standard InChI is InChI=1S/C34H44F2N4O4/c1-5-10-40(11-6-2)34(43)27-17-25(22(3)37)16-26(18-27)33(42)39-31(15-24-12-28(35)19-29(36)13-24)32(41)21-38-20-23-8-7-9-30(14-23)44-4/h7-9,12-14,16-19,22,31-32,38,41H,5-6,10-11,15,20-21,37H2,1-4H3,(H,39,42)/t22?,31-,32+/m0/s1. The number of rotatable bonds is 16. The number of nitrogens with one attached hydrogen (secondary N) is 2. The zero-order chi connectivity index (χ0) is 32.2. The van der Waals surface area contributed by atoms with E-state index in [0.29, 0.717) is 36.5 Å². The molecule has 0 spiro atoms. The van der Waals surface area contributed by atoms with Crippen molar-refractivity contribution in [3.05, 3.63) is 100 Å². The van der Waals surface area contributed by atoms with Gasteiger partial charge in [-0.05, 0) is 85.3 Å². The van der Waals surface area contributed by atoms with Crippen LogP contribution in [-0.2, 0) is 13.0 Å². The maximum Gasteiger partial charge on any atom is 0.253 e. The van der Waals surface area contributed by atoms with Crippen molar-refractivity contribution in [3.8, 4) is 5.75 Å². The minimum absolute atomic E-state index is 0.0397. The van der Waals surface area contributed by atoms with E-state index in [0.717, 1.165) is 24.5 Å². The van der Waals surface area contributed by atoms with Crippen LogP contribution in [0.1, 0.15) is 77.1 Å². The summed E-state index contributed by atoms with van der Waals surface area (Å²) in [5.74, 6) is -1.56. The van der Waals surface area contributed by atoms with Crippen LogP contribution in [0.3, 0.4) is 0 Å². The third-order valence-corrected chi connectivity index (χ3v) is 7.24. The van der Waals surface area contributed by atoms with Gasteiger partial charge in [0.25, 0.3) is 11.8 Å². The molecule has 8 nitrogen and oxygen atoms in total. The Hall–Kier alpha value is -3.86. The van der Waals surface area contributed by atoms with Gasteiger partial charge < -0.3 is 31.1 Å². The predicted molar refractivity (Wildman–Crippen MR) is 168 cm³/mol. The Bertz CT molecular complexity index is 1380. The molecular weight excluding hydrogens is 566 g/mol. The molecule has 0 aliphatic rings. The number of hydrogen-bond acceptors (Lipinski definition) is 6. The molecule has 0 radical (unpaired) electrons. The summed E-state index contributed by atoms with van der Waals surface area (Å²) in [6, 6.07) is 14.0. The van der Waals surface area contributed by atoms with Gasteiger partial charge in [0.2, 0.25) is 0 Å². The molecule has 3 aromatic carbocycles. The average Bonchev–Trinajstić information content (AvgIpc) is 2.99. The van der Waals surface area contributed by atoms with Crippen molar-refractivity contribution in [1.82, 2.24) is 15.5 Å². The number of nitrogens with zero attached hydrogens (tertiary/aromatic N) is 1. The van der Waals surface area contributed by atoms with E-state index in [9.17, 15) is 23.5 Å². The molecule has 5 N–H and O–H groups in total. The van der Waals surface area contributed by atoms with Crippen molar-refractivity contribution in [2.75, 3.05) is 26.7 Å². The number of halogens is 2. The Kier molecular flexibility index (Phi) is 13.3. The van der Waals surface area contributed by atoms with Crippen LogP contribution in [-0.4, -0.2) is 60.7 Å². The summed E-state index contributed by atoms with van der Waals surface area (Å²) in [5, 5.41) is 17.2. The van der Waals surface area contributed by atoms with Gasteiger partial charge in [0.15, 0.2) is 0 Å². The summed E-state index contributed by atoms with van der Waals surface area (Å²) >= 11 is 0. The fourth-order valence-electron chi connectivity index (χ4n) is 5.01. The van der Waals surface area contributed by atoms with Crippen LogP contribution in [0.25, 0.3) is 0 Å². The molecular formula is C34H44F2N4O4. The number of ether oxygens (including phenoxy) is 1. The summed E-state index contributed by atoms with van der Waals surface area (Å²) in [6.07, 6.45) is 0.413. The molecule has 3 atom stereocenters. The number of nitrogens with two attached hydrogens (primary N) is 1. The third kappa shape index (κ3) is 10.1. The number of aliphatic hydroxyl groups excluding tert-OH is 1. The molecule has 3 aromatic rings. The Morgan fingerprint density at radius 1 is 0.955 bits per heavy atom. The molecule has 0 heterocycles. The van der Waals surface area contributed by atoms with Gasteiger partial charge in [-0.25, -0.2) is 8.78 Å². The van der Waals surface area contributed by atoms with E-state index < -0.39 is 35.7 Å². The van der Waals surface area contributed by atoms with Gasteiger partial charge in [-0.3, -0.25) is 9.59 Å². The topological polar surface area (TPSA) is 117 Å². The molecule has 0 fully saturated rings. The van der Waals surface area contributed by atoms with Crippen LogP contribution in [0.15, 0.2) is 60.7 Å². The maximum absolute atomic E-state index is 14.0. The Morgan fingerprint density at radius 3 is 2.23 bits per heavy atom. The molecule has 0 saturated heterocycles. The van der Waals surface area contributed by atoms with Crippen molar-refractivity contribution in [2.24, 2.45) is 5.73 Å². The van der Waals surface area contributed by atoms with Crippen LogP contribution in [0.4, 0.5) is 8.78 Å². The first-order chi connectivity index (χ1) is 21.0. The van der Waals surface area contributed by atoms with Gasteiger partial charge >= 0.3 is 0 Å². The van der Waals surface area contributed by atoms with Crippen molar-refractivity contribution in [3.63, 3.8) is 0 Å². The minimum atomic E-state index is -1.13. The molecule has 0 aliphatic carbocycles. The summed E-state index contributed by atoms with van der Waals surface area (Å²) in [5.41, 5.74) is 8.51. The van der Waals surface area contributed by atoms with E-state index in [2.05, 4.69) is 10.6 Å². The van der Waals surface area contributed by atoms with Gasteiger partial charge in [0.1, 0.15) is 17.4 Å². The zero-order valence-corrected chi connectivity index (χ0v) is 25.9. The largest absolute Gasteiger partial charge is 0.497 e. The molecule has 44 heavy (non-hydrogen) atoms. The molecule has 1 unspecified atom stereocenters. The van der Waals surface area contributed by atoms with Gasteiger partial charge in [0, 0.05) is 49.4 Å². The van der Waals surface area contributed by atoms with Crippen molar-refractivity contribution >= 4 is 11.8 Å². The van der Waals surface area contributed by atoms with Crippen LogP contribution < -0.4 is 21.1 Å². The van der Waals surface area contributed by atoms with Crippen LogP contribution in [0.2, 0.25) is 0 Å². The molecule has 0 aliphatic heterocycles. The fourth-order valence-corrected chi connectivity index (χ4v) is 5.01. The smallest absolute Gasteiger partial charge is 0.253 e. The first-order valence-corrected chi connectivity index (χ1v) is 15.0. The highest BCUT2D eigenvalue weighted by molar-refractivity contribution is 6.00.